The third-order valence-corrected chi connectivity index (χ3v) is 5.12. The summed E-state index contributed by atoms with van der Waals surface area (Å²) < 4.78 is 0. The van der Waals surface area contributed by atoms with Gasteiger partial charge in [-0.1, -0.05) is 31.0 Å². The lowest BCUT2D eigenvalue weighted by atomic mass is 9.96. The Kier molecular flexibility index (Phi) is 3.48. The Labute approximate surface area is 126 Å². The Morgan fingerprint density at radius 1 is 1.19 bits per heavy atom. The van der Waals surface area contributed by atoms with Gasteiger partial charge in [0, 0.05) is 48.8 Å². The maximum atomic E-state index is 3.60. The summed E-state index contributed by atoms with van der Waals surface area (Å²) in [5, 5.41) is 4.92. The summed E-state index contributed by atoms with van der Waals surface area (Å²) >= 11 is 0. The highest BCUT2D eigenvalue weighted by Gasteiger charge is 2.32. The average Bonchev–Trinajstić information content (AvgIpc) is 3.27. The molecule has 2 aliphatic rings. The van der Waals surface area contributed by atoms with E-state index in [9.17, 15) is 0 Å². The fourth-order valence-corrected chi connectivity index (χ4v) is 3.84. The lowest BCUT2D eigenvalue weighted by Crippen LogP contribution is -2.45. The fourth-order valence-electron chi connectivity index (χ4n) is 3.84. The number of hydrogen-bond donors (Lipinski definition) is 2. The highest BCUT2D eigenvalue weighted by molar-refractivity contribution is 5.85. The molecule has 2 aromatic rings. The van der Waals surface area contributed by atoms with E-state index in [1.165, 1.54) is 48.9 Å². The van der Waals surface area contributed by atoms with Crippen LogP contribution in [0.25, 0.3) is 10.9 Å². The van der Waals surface area contributed by atoms with Crippen LogP contribution in [0.5, 0.6) is 0 Å². The molecule has 112 valence electrons. The zero-order valence-corrected chi connectivity index (χ0v) is 12.9. The average molecular weight is 283 g/mol. The molecule has 2 heterocycles. The van der Waals surface area contributed by atoms with Crippen LogP contribution in [0.2, 0.25) is 0 Å². The number of piperazine rings is 1. The minimum absolute atomic E-state index is 0.593. The van der Waals surface area contributed by atoms with Crippen molar-refractivity contribution in [3.05, 3.63) is 35.5 Å². The summed E-state index contributed by atoms with van der Waals surface area (Å²) in [7, 11) is 0. The van der Waals surface area contributed by atoms with Gasteiger partial charge in [0.15, 0.2) is 0 Å². The van der Waals surface area contributed by atoms with Crippen molar-refractivity contribution in [3.8, 4) is 0 Å². The van der Waals surface area contributed by atoms with Gasteiger partial charge in [-0.2, -0.15) is 0 Å². The molecule has 1 aromatic carbocycles. The van der Waals surface area contributed by atoms with E-state index in [2.05, 4.69) is 46.4 Å². The number of H-pyrrole nitrogens is 1. The van der Waals surface area contributed by atoms with E-state index in [1.807, 2.05) is 0 Å². The van der Waals surface area contributed by atoms with Crippen LogP contribution < -0.4 is 5.32 Å². The molecule has 3 heteroatoms. The van der Waals surface area contributed by atoms with Crippen molar-refractivity contribution in [1.29, 1.82) is 0 Å². The van der Waals surface area contributed by atoms with Crippen molar-refractivity contribution in [2.75, 3.05) is 26.2 Å². The second kappa shape index (κ2) is 5.47. The van der Waals surface area contributed by atoms with E-state index >= 15 is 0 Å². The summed E-state index contributed by atoms with van der Waals surface area (Å²) in [5.74, 6) is 0.956. The molecule has 0 amide bonds. The molecule has 0 radical (unpaired) electrons. The number of aromatic amines is 1. The van der Waals surface area contributed by atoms with Gasteiger partial charge in [-0.15, -0.1) is 0 Å². The molecule has 0 spiro atoms. The van der Waals surface area contributed by atoms with E-state index in [-0.39, 0.29) is 0 Å². The molecule has 2 fully saturated rings. The van der Waals surface area contributed by atoms with Gasteiger partial charge in [0.2, 0.25) is 0 Å². The van der Waals surface area contributed by atoms with E-state index < -0.39 is 0 Å². The van der Waals surface area contributed by atoms with Gasteiger partial charge < -0.3 is 10.3 Å². The highest BCUT2D eigenvalue weighted by atomic mass is 15.2. The Morgan fingerprint density at radius 3 is 2.71 bits per heavy atom. The first kappa shape index (κ1) is 13.4. The Balaban J connectivity index is 1.74. The number of fused-ring (bicyclic) bond motifs is 1. The Hall–Kier alpha value is -1.32. The Bertz CT molecular complexity index is 620. The molecule has 1 saturated heterocycles. The number of hydrogen-bond acceptors (Lipinski definition) is 2. The van der Waals surface area contributed by atoms with Crippen LogP contribution in [-0.4, -0.2) is 36.1 Å². The van der Waals surface area contributed by atoms with Crippen LogP contribution in [0.1, 0.15) is 36.6 Å². The quantitative estimate of drug-likeness (QED) is 0.902. The van der Waals surface area contributed by atoms with Crippen LogP contribution in [-0.2, 0) is 0 Å². The molecular formula is C18H25N3. The molecule has 4 rings (SSSR count). The lowest BCUT2D eigenvalue weighted by molar-refractivity contribution is 0.161. The summed E-state index contributed by atoms with van der Waals surface area (Å²) in [6.07, 6.45) is 4.21. The smallest absolute Gasteiger partial charge is 0.0459 e. The zero-order chi connectivity index (χ0) is 14.2. The molecule has 1 aromatic heterocycles. The standard InChI is InChI=1S/C18H25N3/c1-13-18(15-4-2-3-5-16(15)20-13)17(12-14-6-7-14)21-10-8-19-9-11-21/h2-5,14,17,19-20H,6-12H2,1H3/t17-/m1/s1. The van der Waals surface area contributed by atoms with Crippen molar-refractivity contribution >= 4 is 10.9 Å². The number of nitrogens with one attached hydrogen (secondary N) is 2. The van der Waals surface area contributed by atoms with Crippen molar-refractivity contribution in [2.24, 2.45) is 5.92 Å². The summed E-state index contributed by atoms with van der Waals surface area (Å²) in [5.41, 5.74) is 4.21. The van der Waals surface area contributed by atoms with Crippen molar-refractivity contribution in [3.63, 3.8) is 0 Å². The van der Waals surface area contributed by atoms with Gasteiger partial charge in [0.05, 0.1) is 0 Å². The van der Waals surface area contributed by atoms with E-state index in [1.54, 1.807) is 5.56 Å². The van der Waals surface area contributed by atoms with Crippen LogP contribution in [0.4, 0.5) is 0 Å². The van der Waals surface area contributed by atoms with Crippen molar-refractivity contribution in [1.82, 2.24) is 15.2 Å². The molecule has 1 aliphatic heterocycles. The van der Waals surface area contributed by atoms with E-state index in [4.69, 9.17) is 0 Å². The van der Waals surface area contributed by atoms with Gasteiger partial charge in [-0.05, 0) is 30.9 Å². The molecular weight excluding hydrogens is 258 g/mol. The van der Waals surface area contributed by atoms with Gasteiger partial charge in [-0.3, -0.25) is 4.90 Å². The van der Waals surface area contributed by atoms with Crippen molar-refractivity contribution < 1.29 is 0 Å². The molecule has 2 N–H and O–H groups in total. The summed E-state index contributed by atoms with van der Waals surface area (Å²) in [6, 6.07) is 9.39. The molecule has 0 unspecified atom stereocenters. The first-order chi connectivity index (χ1) is 10.3. The van der Waals surface area contributed by atoms with Gasteiger partial charge >= 0.3 is 0 Å². The van der Waals surface area contributed by atoms with Gasteiger partial charge in [-0.25, -0.2) is 0 Å². The largest absolute Gasteiger partial charge is 0.358 e. The minimum atomic E-state index is 0.593. The van der Waals surface area contributed by atoms with Crippen LogP contribution in [0, 0.1) is 12.8 Å². The number of aromatic nitrogens is 1. The van der Waals surface area contributed by atoms with Crippen molar-refractivity contribution in [2.45, 2.75) is 32.2 Å². The van der Waals surface area contributed by atoms with E-state index in [0.717, 1.165) is 19.0 Å². The molecule has 3 nitrogen and oxygen atoms in total. The normalized spacial score (nSPS) is 21.8. The zero-order valence-electron chi connectivity index (χ0n) is 12.9. The fraction of sp³-hybridized carbons (Fsp3) is 0.556. The molecule has 21 heavy (non-hydrogen) atoms. The first-order valence-electron chi connectivity index (χ1n) is 8.35. The predicted molar refractivity (Wildman–Crippen MR) is 87.6 cm³/mol. The third kappa shape index (κ3) is 2.60. The summed E-state index contributed by atoms with van der Waals surface area (Å²) in [4.78, 5) is 6.30. The molecule has 0 bridgehead atoms. The highest BCUT2D eigenvalue weighted by Crippen LogP contribution is 2.42. The second-order valence-electron chi connectivity index (χ2n) is 6.69. The monoisotopic (exact) mass is 283 g/mol. The third-order valence-electron chi connectivity index (χ3n) is 5.12. The van der Waals surface area contributed by atoms with Crippen LogP contribution >= 0.6 is 0 Å². The number of aryl methyl sites for hydroxylation is 1. The topological polar surface area (TPSA) is 31.1 Å². The van der Waals surface area contributed by atoms with Crippen LogP contribution in [0.3, 0.4) is 0 Å². The van der Waals surface area contributed by atoms with E-state index in [0.29, 0.717) is 6.04 Å². The molecule has 1 aliphatic carbocycles. The number of para-hydroxylation sites is 1. The summed E-state index contributed by atoms with van der Waals surface area (Å²) in [6.45, 7) is 6.86. The lowest BCUT2D eigenvalue weighted by Gasteiger charge is -2.35. The second-order valence-corrected chi connectivity index (χ2v) is 6.69. The number of rotatable bonds is 4. The van der Waals surface area contributed by atoms with Gasteiger partial charge in [0.25, 0.3) is 0 Å². The van der Waals surface area contributed by atoms with Gasteiger partial charge in [0.1, 0.15) is 0 Å². The van der Waals surface area contributed by atoms with Crippen LogP contribution in [0.15, 0.2) is 24.3 Å². The Morgan fingerprint density at radius 2 is 1.95 bits per heavy atom. The SMILES string of the molecule is Cc1[nH]c2ccccc2c1[C@@H](CC1CC1)N1CCNCC1. The molecule has 1 saturated carbocycles. The minimum Gasteiger partial charge on any atom is -0.358 e. The maximum Gasteiger partial charge on any atom is 0.0459 e. The maximum absolute atomic E-state index is 3.60. The molecule has 1 atom stereocenters. The predicted octanol–water partition coefficient (Wildman–Crippen LogP) is 3.22. The number of nitrogens with zero attached hydrogens (tertiary/aromatic N) is 1. The number of benzene rings is 1. The first-order valence-corrected chi connectivity index (χ1v) is 8.35.